The largest absolute Gasteiger partial charge is 0.263 e. The molecule has 1 aromatic rings. The van der Waals surface area contributed by atoms with Crippen molar-refractivity contribution in [3.8, 4) is 0 Å². The van der Waals surface area contributed by atoms with Gasteiger partial charge in [0.1, 0.15) is 0 Å². The van der Waals surface area contributed by atoms with Gasteiger partial charge in [0, 0.05) is 25.3 Å². The van der Waals surface area contributed by atoms with E-state index in [1.54, 1.807) is 0 Å². The maximum absolute atomic E-state index is 13.6. The second-order valence-corrected chi connectivity index (χ2v) is 8.52. The summed E-state index contributed by atoms with van der Waals surface area (Å²) in [5.41, 5.74) is 0. The highest BCUT2D eigenvalue weighted by Crippen LogP contribution is 2.21. The zero-order valence-corrected chi connectivity index (χ0v) is 13.0. The molecule has 1 aliphatic heterocycles. The van der Waals surface area contributed by atoms with Crippen LogP contribution in [0.1, 0.15) is 12.8 Å². The number of sulfonamides is 2. The second kappa shape index (κ2) is 5.95. The van der Waals surface area contributed by atoms with Gasteiger partial charge in [0.2, 0.25) is 15.0 Å². The Hall–Kier alpha value is -1.10. The first-order valence-corrected chi connectivity index (χ1v) is 9.61. The van der Waals surface area contributed by atoms with Crippen LogP contribution in [0, 0.1) is 5.82 Å². The minimum atomic E-state index is -4.07. The summed E-state index contributed by atoms with van der Waals surface area (Å²) in [4.78, 5) is 3.58. The summed E-state index contributed by atoms with van der Waals surface area (Å²) in [5.74, 6) is -0.921. The van der Waals surface area contributed by atoms with Crippen molar-refractivity contribution in [2.24, 2.45) is 0 Å². The molecule has 1 saturated heterocycles. The molecular formula is C11H16FN3O4S2. The van der Waals surface area contributed by atoms with E-state index < -0.39 is 36.9 Å². The number of piperidine rings is 1. The van der Waals surface area contributed by atoms with Crippen LogP contribution in [0.3, 0.4) is 0 Å². The maximum Gasteiger partial charge on any atom is 0.263 e. The van der Waals surface area contributed by atoms with Crippen LogP contribution in [0.15, 0.2) is 23.4 Å². The standard InChI is InChI=1S/C11H16FN3O4S2/c1-20(16,17)14-9-4-3-7-15(8-9)21(18,19)11-10(12)5-2-6-13-11/h2,5-6,9,14H,3-4,7-8H2,1H3. The van der Waals surface area contributed by atoms with Gasteiger partial charge in [-0.2, -0.15) is 4.31 Å². The predicted molar refractivity (Wildman–Crippen MR) is 74.0 cm³/mol. The van der Waals surface area contributed by atoms with Gasteiger partial charge in [-0.05, 0) is 25.0 Å². The Labute approximate surface area is 123 Å². The number of hydrogen-bond donors (Lipinski definition) is 1. The molecule has 10 heteroatoms. The summed E-state index contributed by atoms with van der Waals surface area (Å²) in [5, 5.41) is -0.634. The fraction of sp³-hybridized carbons (Fsp3) is 0.545. The van der Waals surface area contributed by atoms with E-state index in [1.165, 1.54) is 12.3 Å². The zero-order valence-electron chi connectivity index (χ0n) is 11.4. The first-order chi connectivity index (χ1) is 9.70. The molecule has 1 N–H and O–H groups in total. The van der Waals surface area contributed by atoms with Crippen molar-refractivity contribution in [3.05, 3.63) is 24.1 Å². The Kier molecular flexibility index (Phi) is 4.61. The molecule has 118 valence electrons. The predicted octanol–water partition coefficient (Wildman–Crippen LogP) is -0.0770. The van der Waals surface area contributed by atoms with Gasteiger partial charge in [0.15, 0.2) is 5.82 Å². The van der Waals surface area contributed by atoms with Crippen LogP contribution in [0.5, 0.6) is 0 Å². The van der Waals surface area contributed by atoms with E-state index in [0.29, 0.717) is 12.8 Å². The molecule has 0 spiro atoms. The Balaban J connectivity index is 2.23. The fourth-order valence-electron chi connectivity index (χ4n) is 2.24. The van der Waals surface area contributed by atoms with Crippen LogP contribution < -0.4 is 4.72 Å². The summed E-state index contributed by atoms with van der Waals surface area (Å²) in [6.07, 6.45) is 3.23. The number of rotatable bonds is 4. The third-order valence-corrected chi connectivity index (χ3v) is 5.64. The van der Waals surface area contributed by atoms with Gasteiger partial charge in [0.25, 0.3) is 10.0 Å². The zero-order chi connectivity index (χ0) is 15.7. The third-order valence-electron chi connectivity index (χ3n) is 3.07. The van der Waals surface area contributed by atoms with Crippen molar-refractivity contribution >= 4 is 20.0 Å². The maximum atomic E-state index is 13.6. The lowest BCUT2D eigenvalue weighted by Crippen LogP contribution is -2.49. The van der Waals surface area contributed by atoms with Gasteiger partial charge in [-0.1, -0.05) is 0 Å². The third kappa shape index (κ3) is 3.96. The topological polar surface area (TPSA) is 96.4 Å². The van der Waals surface area contributed by atoms with Crippen molar-refractivity contribution in [1.29, 1.82) is 0 Å². The summed E-state index contributed by atoms with van der Waals surface area (Å²) in [6, 6.07) is 1.81. The average Bonchev–Trinajstić information content (AvgIpc) is 2.37. The van der Waals surface area contributed by atoms with Gasteiger partial charge >= 0.3 is 0 Å². The van der Waals surface area contributed by atoms with E-state index in [2.05, 4.69) is 9.71 Å². The fourth-order valence-corrected chi connectivity index (χ4v) is 4.54. The molecule has 0 aromatic carbocycles. The van der Waals surface area contributed by atoms with E-state index in [4.69, 9.17) is 0 Å². The van der Waals surface area contributed by atoms with Gasteiger partial charge in [-0.25, -0.2) is 30.9 Å². The molecule has 0 saturated carbocycles. The van der Waals surface area contributed by atoms with Crippen LogP contribution in [-0.2, 0) is 20.0 Å². The van der Waals surface area contributed by atoms with Gasteiger partial charge in [-0.15, -0.1) is 0 Å². The summed E-state index contributed by atoms with van der Waals surface area (Å²) < 4.78 is 64.3. The van der Waals surface area contributed by atoms with Crippen LogP contribution in [0.4, 0.5) is 4.39 Å². The molecule has 1 atom stereocenters. The smallest absolute Gasteiger partial charge is 0.241 e. The van der Waals surface area contributed by atoms with E-state index in [9.17, 15) is 21.2 Å². The average molecular weight is 337 g/mol. The SMILES string of the molecule is CS(=O)(=O)NC1CCCN(S(=O)(=O)c2ncccc2F)C1. The highest BCUT2D eigenvalue weighted by Gasteiger charge is 2.33. The molecule has 0 aliphatic carbocycles. The lowest BCUT2D eigenvalue weighted by atomic mass is 10.1. The molecule has 0 bridgehead atoms. The van der Waals surface area contributed by atoms with Crippen molar-refractivity contribution < 1.29 is 21.2 Å². The summed E-state index contributed by atoms with van der Waals surface area (Å²) in [6.45, 7) is 0.172. The number of halogens is 1. The number of nitrogens with one attached hydrogen (secondary N) is 1. The highest BCUT2D eigenvalue weighted by molar-refractivity contribution is 7.89. The lowest BCUT2D eigenvalue weighted by molar-refractivity contribution is 0.301. The van der Waals surface area contributed by atoms with Gasteiger partial charge < -0.3 is 0 Å². The van der Waals surface area contributed by atoms with E-state index in [0.717, 1.165) is 16.6 Å². The van der Waals surface area contributed by atoms with E-state index in [1.807, 2.05) is 0 Å². The molecule has 1 aliphatic rings. The molecule has 1 unspecified atom stereocenters. The minimum absolute atomic E-state index is 0.0363. The van der Waals surface area contributed by atoms with E-state index in [-0.39, 0.29) is 13.1 Å². The quantitative estimate of drug-likeness (QED) is 0.829. The normalized spacial score (nSPS) is 21.3. The molecule has 2 rings (SSSR count). The lowest BCUT2D eigenvalue weighted by Gasteiger charge is -2.31. The minimum Gasteiger partial charge on any atom is -0.241 e. The molecule has 2 heterocycles. The molecular weight excluding hydrogens is 321 g/mol. The number of hydrogen-bond acceptors (Lipinski definition) is 5. The summed E-state index contributed by atoms with van der Waals surface area (Å²) >= 11 is 0. The monoisotopic (exact) mass is 337 g/mol. The van der Waals surface area contributed by atoms with Crippen LogP contribution in [-0.4, -0.2) is 51.5 Å². The first kappa shape index (κ1) is 16.3. The Morgan fingerprint density at radius 1 is 1.38 bits per heavy atom. The molecule has 21 heavy (non-hydrogen) atoms. The number of pyridine rings is 1. The Morgan fingerprint density at radius 3 is 2.71 bits per heavy atom. The molecule has 1 aromatic heterocycles. The summed E-state index contributed by atoms with van der Waals surface area (Å²) in [7, 11) is -7.50. The first-order valence-electron chi connectivity index (χ1n) is 6.28. The number of nitrogens with zero attached hydrogens (tertiary/aromatic N) is 2. The van der Waals surface area contributed by atoms with Crippen LogP contribution >= 0.6 is 0 Å². The highest BCUT2D eigenvalue weighted by atomic mass is 32.2. The van der Waals surface area contributed by atoms with Crippen molar-refractivity contribution in [3.63, 3.8) is 0 Å². The molecule has 7 nitrogen and oxygen atoms in total. The van der Waals surface area contributed by atoms with Gasteiger partial charge in [0.05, 0.1) is 6.26 Å². The number of aromatic nitrogens is 1. The molecule has 1 fully saturated rings. The van der Waals surface area contributed by atoms with Crippen LogP contribution in [0.25, 0.3) is 0 Å². The van der Waals surface area contributed by atoms with Crippen LogP contribution in [0.2, 0.25) is 0 Å². The molecule has 0 amide bonds. The van der Waals surface area contributed by atoms with Crippen molar-refractivity contribution in [1.82, 2.24) is 14.0 Å². The van der Waals surface area contributed by atoms with Crippen molar-refractivity contribution in [2.75, 3.05) is 19.3 Å². The van der Waals surface area contributed by atoms with Gasteiger partial charge in [-0.3, -0.25) is 0 Å². The Morgan fingerprint density at radius 2 is 2.10 bits per heavy atom. The Bertz CT molecular complexity index is 721. The molecule has 0 radical (unpaired) electrons. The van der Waals surface area contributed by atoms with Crippen molar-refractivity contribution in [2.45, 2.75) is 23.9 Å². The van der Waals surface area contributed by atoms with E-state index >= 15 is 0 Å². The second-order valence-electron chi connectivity index (χ2n) is 4.88.